The van der Waals surface area contributed by atoms with E-state index in [1.807, 2.05) is 6.92 Å². The number of hydrogen-bond acceptors (Lipinski definition) is 3. The average Bonchev–Trinajstić information content (AvgIpc) is 2.56. The van der Waals surface area contributed by atoms with Gasteiger partial charge in [0.15, 0.2) is 0 Å². The van der Waals surface area contributed by atoms with Gasteiger partial charge in [-0.1, -0.05) is 0 Å². The number of halogens is 1. The fraction of sp³-hybridized carbons (Fsp3) is 0.235. The molecule has 2 aromatic rings. The number of anilines is 1. The second-order valence-electron chi connectivity index (χ2n) is 5.41. The first kappa shape index (κ1) is 17.9. The van der Waals surface area contributed by atoms with Crippen LogP contribution in [-0.2, 0) is 10.0 Å². The van der Waals surface area contributed by atoms with Crippen LogP contribution in [0, 0.1) is 12.7 Å². The number of carbonyl (C=O) groups is 1. The number of benzene rings is 2. The summed E-state index contributed by atoms with van der Waals surface area (Å²) in [5, 5.41) is 0. The van der Waals surface area contributed by atoms with Gasteiger partial charge in [0.2, 0.25) is 0 Å². The van der Waals surface area contributed by atoms with Gasteiger partial charge in [0.25, 0.3) is 15.9 Å². The highest BCUT2D eigenvalue weighted by molar-refractivity contribution is 7.92. The molecule has 2 aromatic carbocycles. The lowest BCUT2D eigenvalue weighted by molar-refractivity contribution is 0.0802. The summed E-state index contributed by atoms with van der Waals surface area (Å²) in [4.78, 5) is 13.5. The molecule has 1 amide bonds. The van der Waals surface area contributed by atoms with Gasteiger partial charge in [0.1, 0.15) is 5.82 Å². The molecule has 1 N–H and O–H groups in total. The second-order valence-corrected chi connectivity index (χ2v) is 7.10. The molecule has 0 aromatic heterocycles. The lowest BCUT2D eigenvalue weighted by Gasteiger charge is -2.15. The Morgan fingerprint density at radius 2 is 1.79 bits per heavy atom. The third kappa shape index (κ3) is 3.91. The van der Waals surface area contributed by atoms with Crippen molar-refractivity contribution in [3.63, 3.8) is 0 Å². The van der Waals surface area contributed by atoms with Crippen LogP contribution in [0.1, 0.15) is 22.8 Å². The smallest absolute Gasteiger partial charge is 0.261 e. The third-order valence-corrected chi connectivity index (χ3v) is 5.02. The van der Waals surface area contributed by atoms with Gasteiger partial charge >= 0.3 is 0 Å². The number of nitrogens with zero attached hydrogens (tertiary/aromatic N) is 1. The maximum Gasteiger partial charge on any atom is 0.261 e. The van der Waals surface area contributed by atoms with Crippen molar-refractivity contribution in [3.05, 3.63) is 59.4 Å². The van der Waals surface area contributed by atoms with Gasteiger partial charge in [-0.15, -0.1) is 0 Å². The van der Waals surface area contributed by atoms with Crippen LogP contribution in [-0.4, -0.2) is 32.8 Å². The molecular formula is C17H19FN2O3S. The van der Waals surface area contributed by atoms with Crippen molar-refractivity contribution < 1.29 is 17.6 Å². The van der Waals surface area contributed by atoms with E-state index in [1.54, 1.807) is 24.1 Å². The van der Waals surface area contributed by atoms with Crippen molar-refractivity contribution in [2.24, 2.45) is 0 Å². The summed E-state index contributed by atoms with van der Waals surface area (Å²) in [6.45, 7) is 3.95. The molecule has 2 rings (SSSR count). The van der Waals surface area contributed by atoms with Crippen molar-refractivity contribution >= 4 is 21.6 Å². The summed E-state index contributed by atoms with van der Waals surface area (Å²) in [6.07, 6.45) is 0. The van der Waals surface area contributed by atoms with Crippen LogP contribution in [0.4, 0.5) is 10.1 Å². The van der Waals surface area contributed by atoms with E-state index in [-0.39, 0.29) is 16.4 Å². The predicted octanol–water partition coefficient (Wildman–Crippen LogP) is 3.03. The van der Waals surface area contributed by atoms with E-state index in [2.05, 4.69) is 4.72 Å². The number of nitrogens with one attached hydrogen (secondary N) is 1. The zero-order valence-electron chi connectivity index (χ0n) is 13.7. The minimum Gasteiger partial charge on any atom is -0.342 e. The van der Waals surface area contributed by atoms with Crippen LogP contribution < -0.4 is 4.72 Å². The Labute approximate surface area is 141 Å². The fourth-order valence-electron chi connectivity index (χ4n) is 2.04. The van der Waals surface area contributed by atoms with E-state index in [0.29, 0.717) is 17.8 Å². The summed E-state index contributed by atoms with van der Waals surface area (Å²) in [5.74, 6) is -0.599. The third-order valence-electron chi connectivity index (χ3n) is 3.64. The summed E-state index contributed by atoms with van der Waals surface area (Å²) in [6, 6.07) is 9.75. The number of carbonyl (C=O) groups excluding carboxylic acids is 1. The Morgan fingerprint density at radius 1 is 1.17 bits per heavy atom. The molecule has 7 heteroatoms. The van der Waals surface area contributed by atoms with Gasteiger partial charge in [0.05, 0.1) is 4.90 Å². The molecule has 0 aliphatic carbocycles. The van der Waals surface area contributed by atoms with Gasteiger partial charge < -0.3 is 4.90 Å². The van der Waals surface area contributed by atoms with Crippen LogP contribution in [0.25, 0.3) is 0 Å². The van der Waals surface area contributed by atoms with Gasteiger partial charge in [0, 0.05) is 24.8 Å². The lowest BCUT2D eigenvalue weighted by Crippen LogP contribution is -2.26. The second kappa shape index (κ2) is 7.00. The largest absolute Gasteiger partial charge is 0.342 e. The Morgan fingerprint density at radius 3 is 2.33 bits per heavy atom. The van der Waals surface area contributed by atoms with Crippen molar-refractivity contribution in [2.45, 2.75) is 18.7 Å². The van der Waals surface area contributed by atoms with Crippen molar-refractivity contribution in [1.29, 1.82) is 0 Å². The molecule has 0 unspecified atom stereocenters. The minimum atomic E-state index is -3.82. The summed E-state index contributed by atoms with van der Waals surface area (Å²) in [7, 11) is -2.13. The Balaban J connectivity index is 2.21. The molecule has 24 heavy (non-hydrogen) atoms. The molecule has 0 bridgehead atoms. The summed E-state index contributed by atoms with van der Waals surface area (Å²) in [5.41, 5.74) is 1.05. The minimum absolute atomic E-state index is 0.0210. The maximum absolute atomic E-state index is 13.3. The van der Waals surface area contributed by atoms with Crippen LogP contribution >= 0.6 is 0 Å². The van der Waals surface area contributed by atoms with Crippen molar-refractivity contribution in [3.8, 4) is 0 Å². The monoisotopic (exact) mass is 350 g/mol. The van der Waals surface area contributed by atoms with Gasteiger partial charge in [-0.2, -0.15) is 0 Å². The van der Waals surface area contributed by atoms with E-state index in [4.69, 9.17) is 0 Å². The van der Waals surface area contributed by atoms with E-state index in [0.717, 1.165) is 6.07 Å². The highest BCUT2D eigenvalue weighted by Crippen LogP contribution is 2.19. The Hall–Kier alpha value is -2.41. The molecule has 0 fully saturated rings. The molecule has 0 spiro atoms. The first-order valence-corrected chi connectivity index (χ1v) is 8.87. The molecule has 0 saturated carbocycles. The molecule has 5 nitrogen and oxygen atoms in total. The first-order valence-electron chi connectivity index (χ1n) is 7.39. The number of sulfonamides is 1. The van der Waals surface area contributed by atoms with Crippen LogP contribution in [0.15, 0.2) is 47.4 Å². The molecule has 0 atom stereocenters. The van der Waals surface area contributed by atoms with E-state index < -0.39 is 15.8 Å². The molecule has 0 heterocycles. The van der Waals surface area contributed by atoms with Gasteiger partial charge in [-0.25, -0.2) is 12.8 Å². The molecule has 0 aliphatic heterocycles. The van der Waals surface area contributed by atoms with Gasteiger partial charge in [-0.05, 0) is 61.9 Å². The topological polar surface area (TPSA) is 66.5 Å². The van der Waals surface area contributed by atoms with Crippen molar-refractivity contribution in [1.82, 2.24) is 4.90 Å². The Kier molecular flexibility index (Phi) is 5.23. The summed E-state index contributed by atoms with van der Waals surface area (Å²) >= 11 is 0. The van der Waals surface area contributed by atoms with Crippen LogP contribution in [0.5, 0.6) is 0 Å². The predicted molar refractivity (Wildman–Crippen MR) is 91.0 cm³/mol. The number of amides is 1. The molecule has 0 saturated heterocycles. The van der Waals surface area contributed by atoms with Crippen LogP contribution in [0.3, 0.4) is 0 Å². The average molecular weight is 350 g/mol. The normalized spacial score (nSPS) is 11.2. The maximum atomic E-state index is 13.3. The summed E-state index contributed by atoms with van der Waals surface area (Å²) < 4.78 is 40.4. The quantitative estimate of drug-likeness (QED) is 0.901. The number of rotatable bonds is 5. The lowest BCUT2D eigenvalue weighted by atomic mass is 10.2. The standard InChI is InChI=1S/C17H19FN2O3S/c1-4-20(3)17(21)13-5-7-14(8-6-13)19-24(22,23)15-9-10-16(18)12(2)11-15/h5-11,19H,4H2,1-3H3. The van der Waals surface area contributed by atoms with E-state index in [9.17, 15) is 17.6 Å². The van der Waals surface area contributed by atoms with Crippen molar-refractivity contribution in [2.75, 3.05) is 18.3 Å². The highest BCUT2D eigenvalue weighted by atomic mass is 32.2. The van der Waals surface area contributed by atoms with Crippen LogP contribution in [0.2, 0.25) is 0 Å². The fourth-order valence-corrected chi connectivity index (χ4v) is 3.19. The van der Waals surface area contributed by atoms with E-state index in [1.165, 1.54) is 31.2 Å². The molecule has 128 valence electrons. The molecular weight excluding hydrogens is 331 g/mol. The van der Waals surface area contributed by atoms with Gasteiger partial charge in [-0.3, -0.25) is 9.52 Å². The molecule has 0 radical (unpaired) electrons. The Bertz CT molecular complexity index is 849. The number of aryl methyl sites for hydroxylation is 1. The number of hydrogen-bond donors (Lipinski definition) is 1. The SMILES string of the molecule is CCN(C)C(=O)c1ccc(NS(=O)(=O)c2ccc(F)c(C)c2)cc1. The zero-order chi connectivity index (χ0) is 17.9. The van der Waals surface area contributed by atoms with E-state index >= 15 is 0 Å². The molecule has 0 aliphatic rings. The highest BCUT2D eigenvalue weighted by Gasteiger charge is 2.16. The zero-order valence-corrected chi connectivity index (χ0v) is 14.5. The first-order chi connectivity index (χ1) is 11.2.